The lowest BCUT2D eigenvalue weighted by Crippen LogP contribution is -2.29. The van der Waals surface area contributed by atoms with E-state index in [9.17, 15) is 9.59 Å². The fourth-order valence-corrected chi connectivity index (χ4v) is 4.49. The monoisotopic (exact) mass is 409 g/mol. The van der Waals surface area contributed by atoms with Gasteiger partial charge in [0.2, 0.25) is 5.91 Å². The molecule has 4 rings (SSSR count). The molecule has 7 heteroatoms. The molecule has 0 N–H and O–H groups in total. The number of aryl methyl sites for hydroxylation is 1. The Balaban J connectivity index is 1.82. The first-order chi connectivity index (χ1) is 14.1. The van der Waals surface area contributed by atoms with Crippen LogP contribution in [-0.2, 0) is 4.79 Å². The van der Waals surface area contributed by atoms with E-state index in [0.717, 1.165) is 31.5 Å². The van der Waals surface area contributed by atoms with E-state index < -0.39 is 0 Å². The second-order valence-electron chi connectivity index (χ2n) is 7.10. The van der Waals surface area contributed by atoms with Crippen LogP contribution in [0.1, 0.15) is 18.4 Å². The number of ether oxygens (including phenoxy) is 1. The zero-order valence-corrected chi connectivity index (χ0v) is 17.4. The van der Waals surface area contributed by atoms with Gasteiger partial charge in [-0.3, -0.25) is 14.2 Å². The van der Waals surface area contributed by atoms with Crippen LogP contribution in [-0.4, -0.2) is 46.3 Å². The molecular formula is C22H23N3O3S. The smallest absolute Gasteiger partial charge is 0.266 e. The summed E-state index contributed by atoms with van der Waals surface area (Å²) in [5.74, 6) is 0.916. The van der Waals surface area contributed by atoms with Crippen molar-refractivity contribution in [2.24, 2.45) is 0 Å². The Kier molecular flexibility index (Phi) is 5.58. The number of rotatable bonds is 5. The second-order valence-corrected chi connectivity index (χ2v) is 8.05. The molecule has 0 saturated carbocycles. The maximum Gasteiger partial charge on any atom is 0.266 e. The average molecular weight is 410 g/mol. The van der Waals surface area contributed by atoms with Crippen LogP contribution in [0.25, 0.3) is 16.6 Å². The van der Waals surface area contributed by atoms with Gasteiger partial charge in [0.25, 0.3) is 5.56 Å². The summed E-state index contributed by atoms with van der Waals surface area (Å²) in [5, 5.41) is 1.02. The van der Waals surface area contributed by atoms with Gasteiger partial charge in [-0.25, -0.2) is 4.98 Å². The van der Waals surface area contributed by atoms with Crippen molar-refractivity contribution in [3.63, 3.8) is 0 Å². The van der Waals surface area contributed by atoms with Gasteiger partial charge in [0, 0.05) is 13.1 Å². The van der Waals surface area contributed by atoms with Crippen molar-refractivity contribution in [1.29, 1.82) is 0 Å². The molecule has 2 heterocycles. The molecule has 1 amide bonds. The summed E-state index contributed by atoms with van der Waals surface area (Å²) in [7, 11) is 1.58. The lowest BCUT2D eigenvalue weighted by atomic mass is 10.2. The fourth-order valence-electron chi connectivity index (χ4n) is 3.58. The summed E-state index contributed by atoms with van der Waals surface area (Å²) in [6.45, 7) is 3.58. The van der Waals surface area contributed by atoms with Gasteiger partial charge >= 0.3 is 0 Å². The van der Waals surface area contributed by atoms with Crippen LogP contribution in [0.15, 0.2) is 52.4 Å². The third-order valence-electron chi connectivity index (χ3n) is 5.10. The highest BCUT2D eigenvalue weighted by atomic mass is 32.2. The molecule has 0 aliphatic carbocycles. The quantitative estimate of drug-likeness (QED) is 0.477. The van der Waals surface area contributed by atoms with Gasteiger partial charge in [-0.2, -0.15) is 0 Å². The van der Waals surface area contributed by atoms with Crippen molar-refractivity contribution in [3.05, 3.63) is 58.4 Å². The predicted octanol–water partition coefficient (Wildman–Crippen LogP) is 3.42. The third-order valence-corrected chi connectivity index (χ3v) is 6.03. The topological polar surface area (TPSA) is 64.4 Å². The molecule has 1 aromatic heterocycles. The van der Waals surface area contributed by atoms with Gasteiger partial charge in [-0.1, -0.05) is 30.0 Å². The Labute approximate surface area is 173 Å². The van der Waals surface area contributed by atoms with Gasteiger partial charge < -0.3 is 9.64 Å². The molecule has 1 aliphatic rings. The summed E-state index contributed by atoms with van der Waals surface area (Å²) in [5.41, 5.74) is 2.09. The summed E-state index contributed by atoms with van der Waals surface area (Å²) in [6, 6.07) is 13.0. The van der Waals surface area contributed by atoms with Crippen molar-refractivity contribution < 1.29 is 9.53 Å². The average Bonchev–Trinajstić information content (AvgIpc) is 3.27. The van der Waals surface area contributed by atoms with Gasteiger partial charge in [-0.05, 0) is 49.6 Å². The van der Waals surface area contributed by atoms with Crippen molar-refractivity contribution in [3.8, 4) is 11.4 Å². The number of amides is 1. The van der Waals surface area contributed by atoms with Crippen molar-refractivity contribution in [2.45, 2.75) is 24.9 Å². The Hall–Kier alpha value is -2.80. The maximum absolute atomic E-state index is 13.4. The number of likely N-dealkylation sites (tertiary alicyclic amines) is 1. The Bertz CT molecular complexity index is 1120. The summed E-state index contributed by atoms with van der Waals surface area (Å²) < 4.78 is 7.08. The summed E-state index contributed by atoms with van der Waals surface area (Å²) in [4.78, 5) is 32.5. The molecule has 29 heavy (non-hydrogen) atoms. The predicted molar refractivity (Wildman–Crippen MR) is 115 cm³/mol. The minimum atomic E-state index is -0.171. The van der Waals surface area contributed by atoms with E-state index in [1.54, 1.807) is 17.7 Å². The van der Waals surface area contributed by atoms with Crippen LogP contribution in [0.2, 0.25) is 0 Å². The molecule has 0 unspecified atom stereocenters. The molecule has 0 atom stereocenters. The number of hydrogen-bond acceptors (Lipinski definition) is 5. The summed E-state index contributed by atoms with van der Waals surface area (Å²) in [6.07, 6.45) is 2.10. The van der Waals surface area contributed by atoms with E-state index >= 15 is 0 Å². The number of hydrogen-bond donors (Lipinski definition) is 0. The molecule has 0 spiro atoms. The van der Waals surface area contributed by atoms with Crippen LogP contribution in [0.5, 0.6) is 5.75 Å². The molecule has 3 aromatic rings. The lowest BCUT2D eigenvalue weighted by molar-refractivity contribution is -0.127. The number of carbonyl (C=O) groups is 1. The number of methoxy groups -OCH3 is 1. The minimum absolute atomic E-state index is 0.0812. The number of aromatic nitrogens is 2. The highest BCUT2D eigenvalue weighted by molar-refractivity contribution is 7.99. The van der Waals surface area contributed by atoms with Crippen LogP contribution in [0.4, 0.5) is 0 Å². The fraction of sp³-hybridized carbons (Fsp3) is 0.318. The Morgan fingerprint density at radius 3 is 2.69 bits per heavy atom. The van der Waals surface area contributed by atoms with Crippen LogP contribution in [0.3, 0.4) is 0 Å². The largest absolute Gasteiger partial charge is 0.495 e. The Morgan fingerprint density at radius 1 is 1.17 bits per heavy atom. The van der Waals surface area contributed by atoms with Gasteiger partial charge in [-0.15, -0.1) is 0 Å². The van der Waals surface area contributed by atoms with Crippen molar-refractivity contribution in [2.75, 3.05) is 26.0 Å². The number of nitrogens with zero attached hydrogens (tertiary/aromatic N) is 3. The molecule has 1 aliphatic heterocycles. The van der Waals surface area contributed by atoms with E-state index in [1.807, 2.05) is 48.2 Å². The van der Waals surface area contributed by atoms with Crippen molar-refractivity contribution in [1.82, 2.24) is 14.5 Å². The summed E-state index contributed by atoms with van der Waals surface area (Å²) >= 11 is 1.30. The second kappa shape index (κ2) is 8.29. The van der Waals surface area contributed by atoms with E-state index in [1.165, 1.54) is 11.8 Å². The molecule has 0 radical (unpaired) electrons. The van der Waals surface area contributed by atoms with Crippen molar-refractivity contribution >= 4 is 28.6 Å². The molecular weight excluding hydrogens is 386 g/mol. The zero-order chi connectivity index (χ0) is 20.4. The van der Waals surface area contributed by atoms with Crippen LogP contribution in [0, 0.1) is 6.92 Å². The SMILES string of the molecule is COc1ccc(C)cc1-n1c(SCC(=O)N2CCCC2)nc2ccccc2c1=O. The molecule has 1 saturated heterocycles. The molecule has 0 bridgehead atoms. The third kappa shape index (κ3) is 3.87. The lowest BCUT2D eigenvalue weighted by Gasteiger charge is -2.18. The maximum atomic E-state index is 13.4. The molecule has 2 aromatic carbocycles. The first-order valence-electron chi connectivity index (χ1n) is 9.66. The molecule has 1 fully saturated rings. The molecule has 6 nitrogen and oxygen atoms in total. The highest BCUT2D eigenvalue weighted by Crippen LogP contribution is 2.28. The van der Waals surface area contributed by atoms with E-state index in [4.69, 9.17) is 9.72 Å². The normalized spacial score (nSPS) is 13.8. The standard InChI is InChI=1S/C22H23N3O3S/c1-15-9-10-19(28-2)18(13-15)25-21(27)16-7-3-4-8-17(16)23-22(25)29-14-20(26)24-11-5-6-12-24/h3-4,7-10,13H,5-6,11-12,14H2,1-2H3. The minimum Gasteiger partial charge on any atom is -0.495 e. The number of fused-ring (bicyclic) bond motifs is 1. The van der Waals surface area contributed by atoms with Gasteiger partial charge in [0.1, 0.15) is 5.75 Å². The van der Waals surface area contributed by atoms with Crippen LogP contribution >= 0.6 is 11.8 Å². The Morgan fingerprint density at radius 2 is 1.93 bits per heavy atom. The first kappa shape index (κ1) is 19.5. The number of carbonyl (C=O) groups excluding carboxylic acids is 1. The highest BCUT2D eigenvalue weighted by Gasteiger charge is 2.21. The number of thioether (sulfide) groups is 1. The first-order valence-corrected chi connectivity index (χ1v) is 10.6. The van der Waals surface area contributed by atoms with E-state index in [-0.39, 0.29) is 17.2 Å². The molecule has 150 valence electrons. The van der Waals surface area contributed by atoms with Gasteiger partial charge in [0.15, 0.2) is 5.16 Å². The van der Waals surface area contributed by atoms with E-state index in [2.05, 4.69) is 0 Å². The zero-order valence-electron chi connectivity index (χ0n) is 16.6. The van der Waals surface area contributed by atoms with Gasteiger partial charge in [0.05, 0.1) is 29.5 Å². The number of benzene rings is 2. The van der Waals surface area contributed by atoms with E-state index in [0.29, 0.717) is 27.5 Å². The number of para-hydroxylation sites is 1. The van der Waals surface area contributed by atoms with Crippen LogP contribution < -0.4 is 10.3 Å².